The van der Waals surface area contributed by atoms with Crippen LogP contribution in [-0.4, -0.2) is 37.8 Å². The summed E-state index contributed by atoms with van der Waals surface area (Å²) in [4.78, 5) is 17.1. The summed E-state index contributed by atoms with van der Waals surface area (Å²) >= 11 is 1.53. The molecule has 6 nitrogen and oxygen atoms in total. The molecule has 1 fully saturated rings. The molecule has 2 heterocycles. The molecule has 1 aliphatic rings. The largest absolute Gasteiger partial charge is 0.497 e. The van der Waals surface area contributed by atoms with Crippen molar-refractivity contribution in [3.8, 4) is 11.5 Å². The number of nitrogens with zero attached hydrogens (tertiary/aromatic N) is 1. The number of benzene rings is 2. The molecule has 1 saturated heterocycles. The maximum Gasteiger partial charge on any atom is 0.251 e. The minimum Gasteiger partial charge on any atom is -0.497 e. The summed E-state index contributed by atoms with van der Waals surface area (Å²) in [6.45, 7) is 2.30. The van der Waals surface area contributed by atoms with E-state index in [1.165, 1.54) is 16.9 Å². The lowest BCUT2D eigenvalue weighted by Crippen LogP contribution is -2.44. The van der Waals surface area contributed by atoms with Crippen molar-refractivity contribution in [2.45, 2.75) is 24.9 Å². The Bertz CT molecular complexity index is 983. The molecule has 1 aromatic heterocycles. The van der Waals surface area contributed by atoms with Gasteiger partial charge in [-0.2, -0.15) is 0 Å². The van der Waals surface area contributed by atoms with Crippen LogP contribution < -0.4 is 14.8 Å². The molecule has 3 aromatic rings. The SMILES string of the molecule is COc1ccc(C2(CNC(=O)c3cccc(OCc4cscn4)c3)CCOCC2)cc1. The highest BCUT2D eigenvalue weighted by Gasteiger charge is 2.35. The van der Waals surface area contributed by atoms with Crippen molar-refractivity contribution in [3.63, 3.8) is 0 Å². The van der Waals surface area contributed by atoms with E-state index in [2.05, 4.69) is 22.4 Å². The predicted octanol–water partition coefficient (Wildman–Crippen LogP) is 4.21. The van der Waals surface area contributed by atoms with Crippen molar-refractivity contribution in [1.82, 2.24) is 10.3 Å². The Morgan fingerprint density at radius 3 is 2.68 bits per heavy atom. The van der Waals surface area contributed by atoms with Crippen LogP contribution >= 0.6 is 11.3 Å². The number of carbonyl (C=O) groups is 1. The Hall–Kier alpha value is -2.90. The van der Waals surface area contributed by atoms with E-state index in [0.29, 0.717) is 37.7 Å². The third-order valence-corrected chi connectivity index (χ3v) is 6.34. The van der Waals surface area contributed by atoms with Gasteiger partial charge in [0.25, 0.3) is 5.91 Å². The molecule has 0 radical (unpaired) electrons. The maximum absolute atomic E-state index is 12.9. The van der Waals surface area contributed by atoms with Crippen LogP contribution in [0.5, 0.6) is 11.5 Å². The molecule has 31 heavy (non-hydrogen) atoms. The van der Waals surface area contributed by atoms with E-state index in [1.807, 2.05) is 29.6 Å². The van der Waals surface area contributed by atoms with Crippen LogP contribution in [0.3, 0.4) is 0 Å². The van der Waals surface area contributed by atoms with Crippen molar-refractivity contribution in [3.05, 3.63) is 76.2 Å². The zero-order valence-electron chi connectivity index (χ0n) is 17.5. The highest BCUT2D eigenvalue weighted by atomic mass is 32.1. The molecule has 0 bridgehead atoms. The third kappa shape index (κ3) is 5.24. The van der Waals surface area contributed by atoms with Crippen molar-refractivity contribution < 1.29 is 19.0 Å². The van der Waals surface area contributed by atoms with E-state index in [9.17, 15) is 4.79 Å². The zero-order chi connectivity index (χ0) is 21.5. The smallest absolute Gasteiger partial charge is 0.251 e. The lowest BCUT2D eigenvalue weighted by molar-refractivity contribution is 0.0487. The number of ether oxygens (including phenoxy) is 3. The molecule has 7 heteroatoms. The number of methoxy groups -OCH3 is 1. The first-order valence-corrected chi connectivity index (χ1v) is 11.2. The highest BCUT2D eigenvalue weighted by Crippen LogP contribution is 2.35. The number of aromatic nitrogens is 1. The van der Waals surface area contributed by atoms with Crippen LogP contribution in [0, 0.1) is 0 Å². The predicted molar refractivity (Wildman–Crippen MR) is 120 cm³/mol. The van der Waals surface area contributed by atoms with Gasteiger partial charge in [0, 0.05) is 36.1 Å². The van der Waals surface area contributed by atoms with Crippen molar-refractivity contribution in [2.75, 3.05) is 26.9 Å². The van der Waals surface area contributed by atoms with Gasteiger partial charge in [-0.15, -0.1) is 11.3 Å². The molecular formula is C24H26N2O4S. The number of nitrogens with one attached hydrogen (secondary N) is 1. The Balaban J connectivity index is 1.43. The Kier molecular flexibility index (Phi) is 6.84. The second-order valence-electron chi connectivity index (χ2n) is 7.60. The normalized spacial score (nSPS) is 15.3. The number of hydrogen-bond acceptors (Lipinski definition) is 6. The molecule has 1 amide bonds. The van der Waals surface area contributed by atoms with Crippen molar-refractivity contribution in [1.29, 1.82) is 0 Å². The second kappa shape index (κ2) is 9.94. The van der Waals surface area contributed by atoms with E-state index < -0.39 is 0 Å². The van der Waals surface area contributed by atoms with Gasteiger partial charge in [0.05, 0.1) is 18.3 Å². The fourth-order valence-corrected chi connectivity index (χ4v) is 4.36. The summed E-state index contributed by atoms with van der Waals surface area (Å²) in [5.41, 5.74) is 4.27. The summed E-state index contributed by atoms with van der Waals surface area (Å²) in [5, 5.41) is 5.09. The molecule has 4 rings (SSSR count). The van der Waals surface area contributed by atoms with Crippen LogP contribution in [0.15, 0.2) is 59.4 Å². The first-order chi connectivity index (χ1) is 15.2. The van der Waals surface area contributed by atoms with Gasteiger partial charge in [0.15, 0.2) is 0 Å². The molecule has 0 atom stereocenters. The van der Waals surface area contributed by atoms with Crippen LogP contribution in [0.4, 0.5) is 0 Å². The molecule has 0 aliphatic carbocycles. The topological polar surface area (TPSA) is 69.7 Å². The van der Waals surface area contributed by atoms with Crippen LogP contribution in [0.2, 0.25) is 0 Å². The summed E-state index contributed by atoms with van der Waals surface area (Å²) in [7, 11) is 1.66. The fourth-order valence-electron chi connectivity index (χ4n) is 3.82. The molecular weight excluding hydrogens is 412 g/mol. The summed E-state index contributed by atoms with van der Waals surface area (Å²) in [6, 6.07) is 15.4. The van der Waals surface area contributed by atoms with Gasteiger partial charge in [0.1, 0.15) is 18.1 Å². The monoisotopic (exact) mass is 438 g/mol. The van der Waals surface area contributed by atoms with Crippen LogP contribution in [-0.2, 0) is 16.8 Å². The van der Waals surface area contributed by atoms with Gasteiger partial charge < -0.3 is 19.5 Å². The zero-order valence-corrected chi connectivity index (χ0v) is 18.3. The minimum atomic E-state index is -0.154. The molecule has 1 N–H and O–H groups in total. The molecule has 0 spiro atoms. The maximum atomic E-state index is 12.9. The minimum absolute atomic E-state index is 0.113. The average Bonchev–Trinajstić information content (AvgIpc) is 3.36. The van der Waals surface area contributed by atoms with Crippen LogP contribution in [0.25, 0.3) is 0 Å². The number of rotatable bonds is 8. The third-order valence-electron chi connectivity index (χ3n) is 5.71. The lowest BCUT2D eigenvalue weighted by atomic mass is 9.74. The molecule has 2 aromatic carbocycles. The van der Waals surface area contributed by atoms with Gasteiger partial charge in [-0.3, -0.25) is 4.79 Å². The quantitative estimate of drug-likeness (QED) is 0.571. The van der Waals surface area contributed by atoms with Crippen LogP contribution in [0.1, 0.15) is 34.5 Å². The Labute approximate surface area is 186 Å². The van der Waals surface area contributed by atoms with Gasteiger partial charge in [-0.25, -0.2) is 4.98 Å². The molecule has 0 saturated carbocycles. The Morgan fingerprint density at radius 1 is 1.16 bits per heavy atom. The van der Waals surface area contributed by atoms with Crippen molar-refractivity contribution >= 4 is 17.2 Å². The summed E-state index contributed by atoms with van der Waals surface area (Å²) in [5.74, 6) is 1.36. The molecule has 1 aliphatic heterocycles. The van der Waals surface area contributed by atoms with E-state index in [-0.39, 0.29) is 11.3 Å². The standard InChI is InChI=1S/C24H26N2O4S/c1-28-21-7-5-19(6-8-21)24(9-11-29-12-10-24)16-25-23(27)18-3-2-4-22(13-18)30-14-20-15-31-17-26-20/h2-8,13,15,17H,9-12,14,16H2,1H3,(H,25,27). The fraction of sp³-hybridized carbons (Fsp3) is 0.333. The summed E-state index contributed by atoms with van der Waals surface area (Å²) in [6.07, 6.45) is 1.72. The Morgan fingerprint density at radius 2 is 1.97 bits per heavy atom. The first-order valence-electron chi connectivity index (χ1n) is 10.3. The highest BCUT2D eigenvalue weighted by molar-refractivity contribution is 7.07. The number of hydrogen-bond donors (Lipinski definition) is 1. The van der Waals surface area contributed by atoms with Crippen molar-refractivity contribution in [2.24, 2.45) is 0 Å². The van der Waals surface area contributed by atoms with E-state index in [4.69, 9.17) is 14.2 Å². The summed E-state index contributed by atoms with van der Waals surface area (Å²) < 4.78 is 16.7. The van der Waals surface area contributed by atoms with Gasteiger partial charge in [-0.1, -0.05) is 18.2 Å². The number of thiazole rings is 1. The van der Waals surface area contributed by atoms with E-state index in [1.54, 1.807) is 24.8 Å². The second-order valence-corrected chi connectivity index (χ2v) is 8.32. The van der Waals surface area contributed by atoms with Gasteiger partial charge >= 0.3 is 0 Å². The number of carbonyl (C=O) groups excluding carboxylic acids is 1. The lowest BCUT2D eigenvalue weighted by Gasteiger charge is -2.38. The van der Waals surface area contributed by atoms with E-state index in [0.717, 1.165) is 24.3 Å². The van der Waals surface area contributed by atoms with E-state index >= 15 is 0 Å². The van der Waals surface area contributed by atoms with Gasteiger partial charge in [0.2, 0.25) is 0 Å². The average molecular weight is 439 g/mol. The molecule has 0 unspecified atom stereocenters. The molecule has 162 valence electrons. The van der Waals surface area contributed by atoms with Gasteiger partial charge in [-0.05, 0) is 48.7 Å². The first kappa shape index (κ1) is 21.3. The number of amides is 1.